The molecule has 1 spiro atoms. The molecule has 1 unspecified atom stereocenters. The molecular formula is C40H38BNO3. The van der Waals surface area contributed by atoms with Crippen LogP contribution in [0.5, 0.6) is 11.5 Å². The van der Waals surface area contributed by atoms with Gasteiger partial charge in [0.1, 0.15) is 11.5 Å². The summed E-state index contributed by atoms with van der Waals surface area (Å²) in [5, 5.41) is 2.52. The number of aromatic nitrogens is 1. The van der Waals surface area contributed by atoms with E-state index in [4.69, 9.17) is 14.0 Å². The molecule has 5 aromatic carbocycles. The molecule has 1 fully saturated rings. The molecule has 0 N–H and O–H groups in total. The number of fused-ring (bicyclic) bond motifs is 11. The predicted octanol–water partition coefficient (Wildman–Crippen LogP) is 9.30. The van der Waals surface area contributed by atoms with Crippen molar-refractivity contribution in [2.75, 3.05) is 0 Å². The van der Waals surface area contributed by atoms with Crippen molar-refractivity contribution in [1.29, 1.82) is 0 Å². The number of nitrogens with zero attached hydrogens (tertiary/aromatic N) is 1. The van der Waals surface area contributed by atoms with Gasteiger partial charge in [-0.2, -0.15) is 0 Å². The van der Waals surface area contributed by atoms with E-state index in [1.54, 1.807) is 0 Å². The minimum atomic E-state index is -0.570. The summed E-state index contributed by atoms with van der Waals surface area (Å²) in [6, 6.07) is 39.4. The Morgan fingerprint density at radius 3 is 1.98 bits per heavy atom. The van der Waals surface area contributed by atoms with Gasteiger partial charge < -0.3 is 18.6 Å². The molecule has 1 aromatic heterocycles. The maximum Gasteiger partial charge on any atom is 0.494 e. The maximum atomic E-state index is 6.75. The van der Waals surface area contributed by atoms with E-state index >= 15 is 0 Å². The van der Waals surface area contributed by atoms with Crippen molar-refractivity contribution in [3.63, 3.8) is 0 Å². The number of rotatable bonds is 1. The minimum Gasteiger partial charge on any atom is -0.457 e. The monoisotopic (exact) mass is 591 g/mol. The van der Waals surface area contributed by atoms with Crippen LogP contribution in [0.15, 0.2) is 109 Å². The van der Waals surface area contributed by atoms with Crippen LogP contribution in [0, 0.1) is 0 Å². The highest BCUT2D eigenvalue weighted by Crippen LogP contribution is 2.60. The molecule has 1 atom stereocenters. The van der Waals surface area contributed by atoms with Gasteiger partial charge in [0.25, 0.3) is 0 Å². The third-order valence-electron chi connectivity index (χ3n) is 10.1. The number of para-hydroxylation sites is 4. The summed E-state index contributed by atoms with van der Waals surface area (Å²) >= 11 is 0. The standard InChI is InChI=1S/C37H30BNO3.C3H8/c1-35(2)36(3,4)42-38(41-35)23-20-21-28-33(22-23)40-32-19-10-7-15-27(32)37(28)26-14-6-9-18-31(26)39-30-17-8-5-12-24(30)25-13-11-16-29(37)34(25)39;1-3-2/h5-22H,1-4H3;3H2,1-2H3. The molecule has 4 nitrogen and oxygen atoms in total. The normalized spacial score (nSPS) is 19.8. The smallest absolute Gasteiger partial charge is 0.457 e. The summed E-state index contributed by atoms with van der Waals surface area (Å²) in [5.41, 5.74) is 7.98. The lowest BCUT2D eigenvalue weighted by atomic mass is 9.61. The Hall–Kier alpha value is -4.32. The molecule has 5 heteroatoms. The maximum absolute atomic E-state index is 6.75. The Morgan fingerprint density at radius 1 is 0.600 bits per heavy atom. The summed E-state index contributed by atoms with van der Waals surface area (Å²) in [7, 11) is -0.471. The van der Waals surface area contributed by atoms with Crippen molar-refractivity contribution in [1.82, 2.24) is 4.57 Å². The average molecular weight is 592 g/mol. The van der Waals surface area contributed by atoms with Gasteiger partial charge in [-0.3, -0.25) is 0 Å². The van der Waals surface area contributed by atoms with E-state index in [1.165, 1.54) is 45.0 Å². The largest absolute Gasteiger partial charge is 0.494 e. The second-order valence-corrected chi connectivity index (χ2v) is 13.5. The molecule has 3 aliphatic heterocycles. The van der Waals surface area contributed by atoms with Crippen molar-refractivity contribution in [2.24, 2.45) is 0 Å². The second-order valence-electron chi connectivity index (χ2n) is 13.5. The van der Waals surface area contributed by atoms with E-state index in [0.29, 0.717) is 0 Å². The predicted molar refractivity (Wildman–Crippen MR) is 184 cm³/mol. The molecule has 0 bridgehead atoms. The van der Waals surface area contributed by atoms with E-state index in [-0.39, 0.29) is 0 Å². The Balaban J connectivity index is 0.000000966. The number of benzene rings is 5. The van der Waals surface area contributed by atoms with Crippen LogP contribution >= 0.6 is 0 Å². The Morgan fingerprint density at radius 2 is 1.20 bits per heavy atom. The van der Waals surface area contributed by atoms with Gasteiger partial charge in [0.15, 0.2) is 0 Å². The van der Waals surface area contributed by atoms with Gasteiger partial charge in [-0.05, 0) is 68.6 Å². The fourth-order valence-corrected chi connectivity index (χ4v) is 7.47. The molecule has 4 heterocycles. The molecule has 3 aliphatic rings. The van der Waals surface area contributed by atoms with Crippen LogP contribution < -0.4 is 10.2 Å². The van der Waals surface area contributed by atoms with Gasteiger partial charge in [0.05, 0.1) is 33.3 Å². The Bertz CT molecular complexity index is 2110. The summed E-state index contributed by atoms with van der Waals surface area (Å²) in [5.74, 6) is 1.70. The van der Waals surface area contributed by atoms with E-state index < -0.39 is 23.7 Å². The fraction of sp³-hybridized carbons (Fsp3) is 0.250. The summed E-state index contributed by atoms with van der Waals surface area (Å²) < 4.78 is 22.1. The van der Waals surface area contributed by atoms with Crippen molar-refractivity contribution in [3.8, 4) is 17.2 Å². The van der Waals surface area contributed by atoms with E-state index in [0.717, 1.165) is 28.1 Å². The van der Waals surface area contributed by atoms with Crippen LogP contribution in [0.1, 0.15) is 70.2 Å². The van der Waals surface area contributed by atoms with Gasteiger partial charge in [0.2, 0.25) is 0 Å². The number of ether oxygens (including phenoxy) is 1. The van der Waals surface area contributed by atoms with Gasteiger partial charge >= 0.3 is 7.12 Å². The quantitative estimate of drug-likeness (QED) is 0.178. The molecular weight excluding hydrogens is 553 g/mol. The molecule has 0 amide bonds. The SMILES string of the molecule is CC1(C)OB(c2ccc3c(c2)Oc2ccccc2C32c3ccccc3-n3c4ccccc4c4cccc2c43)OC1(C)C.CCC. The first kappa shape index (κ1) is 28.2. The van der Waals surface area contributed by atoms with E-state index in [2.05, 4.69) is 155 Å². The summed E-state index contributed by atoms with van der Waals surface area (Å²) in [6.45, 7) is 12.6. The zero-order valence-corrected chi connectivity index (χ0v) is 26.8. The van der Waals surface area contributed by atoms with Gasteiger partial charge in [0, 0.05) is 21.9 Å². The van der Waals surface area contributed by atoms with Crippen molar-refractivity contribution >= 4 is 34.4 Å². The zero-order valence-electron chi connectivity index (χ0n) is 26.8. The number of hydrogen-bond acceptors (Lipinski definition) is 3. The van der Waals surface area contributed by atoms with Gasteiger partial charge in [-0.1, -0.05) is 105 Å². The first-order chi connectivity index (χ1) is 21.7. The second kappa shape index (κ2) is 9.84. The lowest BCUT2D eigenvalue weighted by molar-refractivity contribution is 0.00578. The van der Waals surface area contributed by atoms with Crippen LogP contribution in [0.25, 0.3) is 27.5 Å². The molecule has 224 valence electrons. The fourth-order valence-electron chi connectivity index (χ4n) is 7.47. The van der Waals surface area contributed by atoms with Crippen LogP contribution in [-0.4, -0.2) is 22.9 Å². The minimum absolute atomic E-state index is 0.423. The Labute approximate surface area is 265 Å². The zero-order chi connectivity index (χ0) is 31.1. The number of hydrogen-bond donors (Lipinski definition) is 0. The topological polar surface area (TPSA) is 32.6 Å². The molecule has 0 saturated carbocycles. The van der Waals surface area contributed by atoms with Crippen LogP contribution in [0.2, 0.25) is 0 Å². The Kier molecular flexibility index (Phi) is 6.16. The third kappa shape index (κ3) is 3.74. The average Bonchev–Trinajstić information content (AvgIpc) is 3.49. The molecule has 1 saturated heterocycles. The first-order valence-electron chi connectivity index (χ1n) is 16.1. The summed E-state index contributed by atoms with van der Waals surface area (Å²) in [6.07, 6.45) is 1.25. The van der Waals surface area contributed by atoms with Crippen LogP contribution in [0.4, 0.5) is 0 Å². The highest BCUT2D eigenvalue weighted by molar-refractivity contribution is 6.62. The lowest BCUT2D eigenvalue weighted by Crippen LogP contribution is -2.41. The lowest BCUT2D eigenvalue weighted by Gasteiger charge is -2.45. The molecule has 0 aliphatic carbocycles. The van der Waals surface area contributed by atoms with E-state index in [9.17, 15) is 0 Å². The van der Waals surface area contributed by atoms with Crippen molar-refractivity contribution < 1.29 is 14.0 Å². The molecule has 45 heavy (non-hydrogen) atoms. The van der Waals surface area contributed by atoms with Crippen LogP contribution in [-0.2, 0) is 14.7 Å². The highest BCUT2D eigenvalue weighted by Gasteiger charge is 2.53. The molecule has 9 rings (SSSR count). The summed E-state index contributed by atoms with van der Waals surface area (Å²) in [4.78, 5) is 0. The van der Waals surface area contributed by atoms with Crippen molar-refractivity contribution in [3.05, 3.63) is 131 Å². The van der Waals surface area contributed by atoms with Gasteiger partial charge in [-0.25, -0.2) is 0 Å². The molecule has 0 radical (unpaired) electrons. The first-order valence-corrected chi connectivity index (χ1v) is 16.1. The highest BCUT2D eigenvalue weighted by atomic mass is 16.7. The van der Waals surface area contributed by atoms with Crippen LogP contribution in [0.3, 0.4) is 0 Å². The molecule has 6 aromatic rings. The third-order valence-corrected chi connectivity index (χ3v) is 10.1. The van der Waals surface area contributed by atoms with E-state index in [1.807, 2.05) is 0 Å². The van der Waals surface area contributed by atoms with Crippen molar-refractivity contribution in [2.45, 2.75) is 64.6 Å². The van der Waals surface area contributed by atoms with Gasteiger partial charge in [-0.15, -0.1) is 0 Å².